The molecule has 2 aliphatic rings. The van der Waals surface area contributed by atoms with Crippen LogP contribution in [0.5, 0.6) is 5.88 Å². The molecule has 1 aromatic carbocycles. The Morgan fingerprint density at radius 3 is 2.36 bits per heavy atom. The van der Waals surface area contributed by atoms with E-state index < -0.39 is 0 Å². The molecule has 0 spiro atoms. The molecule has 0 radical (unpaired) electrons. The van der Waals surface area contributed by atoms with Gasteiger partial charge in [-0.15, -0.1) is 0 Å². The van der Waals surface area contributed by atoms with Crippen molar-refractivity contribution in [2.75, 3.05) is 95.0 Å². The monoisotopic (exact) mass is 456 g/mol. The zero-order valence-corrected chi connectivity index (χ0v) is 19.3. The smallest absolute Gasteiger partial charge is 0.274 e. The van der Waals surface area contributed by atoms with Crippen LogP contribution in [0, 0.1) is 0 Å². The number of hydrogen-bond donors (Lipinski definition) is 1. The summed E-state index contributed by atoms with van der Waals surface area (Å²) in [5.41, 5.74) is 2.03. The average Bonchev–Trinajstić information content (AvgIpc) is 2.85. The van der Waals surface area contributed by atoms with Gasteiger partial charge in [0, 0.05) is 64.3 Å². The maximum Gasteiger partial charge on any atom is 0.274 e. The van der Waals surface area contributed by atoms with Crippen molar-refractivity contribution < 1.29 is 19.0 Å². The van der Waals surface area contributed by atoms with Crippen molar-refractivity contribution in [1.82, 2.24) is 14.9 Å². The zero-order valence-electron chi connectivity index (χ0n) is 19.3. The molecular formula is C23H32N6O4. The number of carbonyl (C=O) groups is 1. The lowest BCUT2D eigenvalue weighted by Crippen LogP contribution is -2.39. The summed E-state index contributed by atoms with van der Waals surface area (Å²) in [5, 5.41) is 2.92. The van der Waals surface area contributed by atoms with Gasteiger partial charge in [0.25, 0.3) is 5.91 Å². The number of aromatic nitrogens is 2. The number of hydrogen-bond acceptors (Lipinski definition) is 9. The average molecular weight is 457 g/mol. The third-order valence-electron chi connectivity index (χ3n) is 5.62. The second-order valence-electron chi connectivity index (χ2n) is 8.19. The van der Waals surface area contributed by atoms with E-state index in [1.807, 2.05) is 48.2 Å². The molecule has 0 bridgehead atoms. The van der Waals surface area contributed by atoms with Crippen molar-refractivity contribution in [2.45, 2.75) is 0 Å². The highest BCUT2D eigenvalue weighted by Gasteiger charge is 2.19. The molecule has 2 aliphatic heterocycles. The van der Waals surface area contributed by atoms with Gasteiger partial charge in [-0.3, -0.25) is 9.69 Å². The van der Waals surface area contributed by atoms with E-state index in [0.717, 1.165) is 38.5 Å². The van der Waals surface area contributed by atoms with E-state index in [-0.39, 0.29) is 11.6 Å². The standard InChI is InChI=1S/C23H32N6O4/c1-27(2)19-5-3-18(4-6-19)24-22(30)20-17-21(33-16-9-28-7-12-31-13-8-28)26-23(25-20)29-10-14-32-15-11-29/h3-6,17H,7-16H2,1-2H3,(H,24,30). The molecule has 10 heteroatoms. The molecule has 178 valence electrons. The summed E-state index contributed by atoms with van der Waals surface area (Å²) < 4.78 is 16.8. The summed E-state index contributed by atoms with van der Waals surface area (Å²) >= 11 is 0. The number of rotatable bonds is 8. The fraction of sp³-hybridized carbons (Fsp3) is 0.522. The maximum atomic E-state index is 13.0. The highest BCUT2D eigenvalue weighted by atomic mass is 16.5. The molecule has 0 aliphatic carbocycles. The van der Waals surface area contributed by atoms with Gasteiger partial charge < -0.3 is 29.3 Å². The van der Waals surface area contributed by atoms with Gasteiger partial charge in [0.1, 0.15) is 12.3 Å². The van der Waals surface area contributed by atoms with Gasteiger partial charge in [0.05, 0.1) is 26.4 Å². The summed E-state index contributed by atoms with van der Waals surface area (Å²) in [4.78, 5) is 28.4. The Morgan fingerprint density at radius 1 is 1.03 bits per heavy atom. The molecule has 1 N–H and O–H groups in total. The van der Waals surface area contributed by atoms with Crippen LogP contribution in [-0.2, 0) is 9.47 Å². The minimum absolute atomic E-state index is 0.268. The molecule has 1 aromatic heterocycles. The first-order valence-electron chi connectivity index (χ1n) is 11.3. The molecular weight excluding hydrogens is 424 g/mol. The topological polar surface area (TPSA) is 92.3 Å². The van der Waals surface area contributed by atoms with E-state index in [2.05, 4.69) is 20.2 Å². The van der Waals surface area contributed by atoms with Crippen LogP contribution < -0.4 is 19.9 Å². The van der Waals surface area contributed by atoms with E-state index in [0.29, 0.717) is 50.4 Å². The molecule has 3 heterocycles. The summed E-state index contributed by atoms with van der Waals surface area (Å²) in [7, 11) is 3.95. The Balaban J connectivity index is 1.47. The van der Waals surface area contributed by atoms with Crippen LogP contribution in [0.25, 0.3) is 0 Å². The first-order chi connectivity index (χ1) is 16.1. The Kier molecular flexibility index (Phi) is 7.92. The van der Waals surface area contributed by atoms with Crippen molar-refractivity contribution in [2.24, 2.45) is 0 Å². The molecule has 10 nitrogen and oxygen atoms in total. The molecule has 2 aromatic rings. The lowest BCUT2D eigenvalue weighted by Gasteiger charge is -2.27. The Hall–Kier alpha value is -2.95. The molecule has 2 fully saturated rings. The summed E-state index contributed by atoms with van der Waals surface area (Å²) in [6, 6.07) is 9.25. The molecule has 0 saturated carbocycles. The maximum absolute atomic E-state index is 13.0. The van der Waals surface area contributed by atoms with Crippen LogP contribution in [0.4, 0.5) is 17.3 Å². The number of nitrogens with zero attached hydrogens (tertiary/aromatic N) is 5. The Morgan fingerprint density at radius 2 is 1.70 bits per heavy atom. The van der Waals surface area contributed by atoms with Gasteiger partial charge in [0.2, 0.25) is 11.8 Å². The number of carbonyl (C=O) groups excluding carboxylic acids is 1. The third-order valence-corrected chi connectivity index (χ3v) is 5.62. The van der Waals surface area contributed by atoms with E-state index in [1.165, 1.54) is 0 Å². The lowest BCUT2D eigenvalue weighted by molar-refractivity contribution is 0.0320. The van der Waals surface area contributed by atoms with E-state index in [1.54, 1.807) is 6.07 Å². The molecule has 0 atom stereocenters. The Bertz CT molecular complexity index is 912. The Labute approximate surface area is 194 Å². The molecule has 2 saturated heterocycles. The molecule has 33 heavy (non-hydrogen) atoms. The van der Waals surface area contributed by atoms with Crippen molar-refractivity contribution in [3.8, 4) is 5.88 Å². The van der Waals surface area contributed by atoms with Gasteiger partial charge in [-0.1, -0.05) is 0 Å². The van der Waals surface area contributed by atoms with Crippen molar-refractivity contribution >= 4 is 23.2 Å². The quantitative estimate of drug-likeness (QED) is 0.632. The van der Waals surface area contributed by atoms with Crippen molar-refractivity contribution in [3.63, 3.8) is 0 Å². The lowest BCUT2D eigenvalue weighted by atomic mass is 10.2. The van der Waals surface area contributed by atoms with Crippen LogP contribution in [0.1, 0.15) is 10.5 Å². The van der Waals surface area contributed by atoms with Crippen molar-refractivity contribution in [1.29, 1.82) is 0 Å². The van der Waals surface area contributed by atoms with Crippen LogP contribution >= 0.6 is 0 Å². The predicted octanol–water partition coefficient (Wildman–Crippen LogP) is 1.34. The second kappa shape index (κ2) is 11.3. The van der Waals surface area contributed by atoms with Crippen LogP contribution in [0.15, 0.2) is 30.3 Å². The van der Waals surface area contributed by atoms with E-state index >= 15 is 0 Å². The van der Waals surface area contributed by atoms with Crippen molar-refractivity contribution in [3.05, 3.63) is 36.0 Å². The summed E-state index contributed by atoms with van der Waals surface area (Å²) in [6.45, 7) is 7.08. The SMILES string of the molecule is CN(C)c1ccc(NC(=O)c2cc(OCCN3CCOCC3)nc(N3CCOCC3)n2)cc1. The summed E-state index contributed by atoms with van der Waals surface area (Å²) in [6.07, 6.45) is 0. The number of benzene rings is 1. The van der Waals surface area contributed by atoms with E-state index in [4.69, 9.17) is 14.2 Å². The van der Waals surface area contributed by atoms with Gasteiger partial charge >= 0.3 is 0 Å². The predicted molar refractivity (Wildman–Crippen MR) is 127 cm³/mol. The number of nitrogens with one attached hydrogen (secondary N) is 1. The highest BCUT2D eigenvalue weighted by Crippen LogP contribution is 2.20. The van der Waals surface area contributed by atoms with Gasteiger partial charge in [-0.05, 0) is 24.3 Å². The molecule has 4 rings (SSSR count). The third kappa shape index (κ3) is 6.53. The van der Waals surface area contributed by atoms with Crippen LogP contribution in [-0.4, -0.2) is 101 Å². The normalized spacial score (nSPS) is 17.0. The number of anilines is 3. The fourth-order valence-corrected chi connectivity index (χ4v) is 3.65. The van der Waals surface area contributed by atoms with Gasteiger partial charge in [-0.2, -0.15) is 4.98 Å². The van der Waals surface area contributed by atoms with Gasteiger partial charge in [-0.25, -0.2) is 4.98 Å². The molecule has 0 unspecified atom stereocenters. The van der Waals surface area contributed by atoms with Crippen LogP contribution in [0.2, 0.25) is 0 Å². The van der Waals surface area contributed by atoms with Gasteiger partial charge in [0.15, 0.2) is 0 Å². The largest absolute Gasteiger partial charge is 0.476 e. The van der Waals surface area contributed by atoms with Crippen LogP contribution in [0.3, 0.4) is 0 Å². The van der Waals surface area contributed by atoms with E-state index in [9.17, 15) is 4.79 Å². The first-order valence-corrected chi connectivity index (χ1v) is 11.3. The minimum atomic E-state index is -0.303. The number of amides is 1. The summed E-state index contributed by atoms with van der Waals surface area (Å²) in [5.74, 6) is 0.575. The number of morpholine rings is 2. The first kappa shape index (κ1) is 23.2. The zero-order chi connectivity index (χ0) is 23.0. The minimum Gasteiger partial charge on any atom is -0.476 e. The fourth-order valence-electron chi connectivity index (χ4n) is 3.65. The second-order valence-corrected chi connectivity index (χ2v) is 8.19. The number of ether oxygens (including phenoxy) is 3. The highest BCUT2D eigenvalue weighted by molar-refractivity contribution is 6.03. The molecule has 1 amide bonds.